The molecule has 0 aromatic heterocycles. The highest BCUT2D eigenvalue weighted by molar-refractivity contribution is 7.84. The van der Waals surface area contributed by atoms with Crippen molar-refractivity contribution in [1.29, 1.82) is 0 Å². The number of fused-ring (bicyclic) bond motifs is 1. The maximum Gasteiger partial charge on any atom is 0.229 e. The number of hydrogen-bond donors (Lipinski definition) is 0. The van der Waals surface area contributed by atoms with Gasteiger partial charge in [0.2, 0.25) is 5.91 Å². The van der Waals surface area contributed by atoms with Gasteiger partial charge in [-0.2, -0.15) is 0 Å². The standard InChI is InChI=1S/C19H25NO3S/c1-13(12-24(5)22)20(3)19(21)14(2)15-6-7-17-11-18(23-4)9-8-16(17)10-15/h6-11,13-14H,12H2,1-5H3/t13-,14+,24-/m1/s1. The highest BCUT2D eigenvalue weighted by Gasteiger charge is 2.23. The number of nitrogens with zero attached hydrogens (tertiary/aromatic N) is 1. The molecule has 0 N–H and O–H groups in total. The number of benzene rings is 2. The molecular weight excluding hydrogens is 322 g/mol. The third kappa shape index (κ3) is 4.15. The van der Waals surface area contributed by atoms with E-state index >= 15 is 0 Å². The predicted molar refractivity (Wildman–Crippen MR) is 100 cm³/mol. The van der Waals surface area contributed by atoms with E-state index in [1.165, 1.54) is 0 Å². The van der Waals surface area contributed by atoms with Gasteiger partial charge in [-0.15, -0.1) is 0 Å². The quantitative estimate of drug-likeness (QED) is 0.806. The molecule has 0 spiro atoms. The van der Waals surface area contributed by atoms with Gasteiger partial charge in [0, 0.05) is 35.9 Å². The van der Waals surface area contributed by atoms with Gasteiger partial charge in [-0.1, -0.05) is 24.3 Å². The Labute approximate surface area is 146 Å². The van der Waals surface area contributed by atoms with Crippen LogP contribution < -0.4 is 4.74 Å². The van der Waals surface area contributed by atoms with Crippen molar-refractivity contribution in [2.75, 3.05) is 26.2 Å². The second-order valence-corrected chi connectivity index (χ2v) is 7.71. The highest BCUT2D eigenvalue weighted by Crippen LogP contribution is 2.26. The Morgan fingerprint density at radius 1 is 1.17 bits per heavy atom. The Balaban J connectivity index is 2.22. The summed E-state index contributed by atoms with van der Waals surface area (Å²) >= 11 is 0. The van der Waals surface area contributed by atoms with Crippen LogP contribution >= 0.6 is 0 Å². The average Bonchev–Trinajstić information content (AvgIpc) is 2.58. The summed E-state index contributed by atoms with van der Waals surface area (Å²) in [6, 6.07) is 11.9. The average molecular weight is 347 g/mol. The van der Waals surface area contributed by atoms with E-state index in [2.05, 4.69) is 0 Å². The van der Waals surface area contributed by atoms with Gasteiger partial charge in [-0.05, 0) is 42.3 Å². The number of ether oxygens (including phenoxy) is 1. The lowest BCUT2D eigenvalue weighted by molar-refractivity contribution is -0.132. The SMILES string of the molecule is COc1ccc2cc([C@H](C)C(=O)N(C)[C@H](C)C[S@@](C)=O)ccc2c1. The highest BCUT2D eigenvalue weighted by atomic mass is 32.2. The lowest BCUT2D eigenvalue weighted by Crippen LogP contribution is -2.40. The molecule has 3 atom stereocenters. The minimum atomic E-state index is -0.918. The molecule has 130 valence electrons. The number of hydrogen-bond acceptors (Lipinski definition) is 3. The maximum absolute atomic E-state index is 12.7. The van der Waals surface area contributed by atoms with Crippen molar-refractivity contribution < 1.29 is 13.7 Å². The number of carbonyl (C=O) groups excluding carboxylic acids is 1. The molecular formula is C19H25NO3S. The summed E-state index contributed by atoms with van der Waals surface area (Å²) < 4.78 is 16.6. The Morgan fingerprint density at radius 3 is 2.42 bits per heavy atom. The van der Waals surface area contributed by atoms with Crippen molar-refractivity contribution >= 4 is 27.5 Å². The van der Waals surface area contributed by atoms with E-state index in [4.69, 9.17) is 4.74 Å². The Hall–Kier alpha value is -1.88. The first-order chi connectivity index (χ1) is 11.3. The monoisotopic (exact) mass is 347 g/mol. The number of amides is 1. The van der Waals surface area contributed by atoms with E-state index in [0.717, 1.165) is 22.1 Å². The van der Waals surface area contributed by atoms with Crippen LogP contribution in [0.5, 0.6) is 5.75 Å². The molecule has 0 saturated carbocycles. The van der Waals surface area contributed by atoms with Crippen LogP contribution in [-0.2, 0) is 15.6 Å². The van der Waals surface area contributed by atoms with Gasteiger partial charge < -0.3 is 9.64 Å². The largest absolute Gasteiger partial charge is 0.497 e. The lowest BCUT2D eigenvalue weighted by Gasteiger charge is -2.27. The van der Waals surface area contributed by atoms with Gasteiger partial charge in [0.05, 0.1) is 13.0 Å². The van der Waals surface area contributed by atoms with E-state index in [-0.39, 0.29) is 17.9 Å². The molecule has 0 heterocycles. The van der Waals surface area contributed by atoms with Gasteiger partial charge in [-0.3, -0.25) is 9.00 Å². The van der Waals surface area contributed by atoms with Gasteiger partial charge in [0.25, 0.3) is 0 Å². The fraction of sp³-hybridized carbons (Fsp3) is 0.421. The van der Waals surface area contributed by atoms with Crippen LogP contribution in [-0.4, -0.2) is 47.2 Å². The Kier molecular flexibility index (Phi) is 5.99. The predicted octanol–water partition coefficient (Wildman–Crippen LogP) is 3.18. The number of methoxy groups -OCH3 is 1. The molecule has 0 saturated heterocycles. The van der Waals surface area contributed by atoms with Crippen LogP contribution in [0.1, 0.15) is 25.3 Å². The van der Waals surface area contributed by atoms with Crippen LogP contribution in [0.15, 0.2) is 36.4 Å². The fourth-order valence-corrected chi connectivity index (χ4v) is 3.66. The van der Waals surface area contributed by atoms with Gasteiger partial charge in [-0.25, -0.2) is 0 Å². The Morgan fingerprint density at radius 2 is 1.79 bits per heavy atom. The molecule has 2 aromatic carbocycles. The molecule has 2 aromatic rings. The Bertz CT molecular complexity index is 759. The first kappa shape index (κ1) is 18.5. The molecule has 0 fully saturated rings. The molecule has 4 nitrogen and oxygen atoms in total. The zero-order chi connectivity index (χ0) is 17.9. The molecule has 0 unspecified atom stereocenters. The zero-order valence-electron chi connectivity index (χ0n) is 14.9. The van der Waals surface area contributed by atoms with Crippen molar-refractivity contribution in [3.8, 4) is 5.75 Å². The van der Waals surface area contributed by atoms with E-state index in [9.17, 15) is 9.00 Å². The molecule has 5 heteroatoms. The topological polar surface area (TPSA) is 46.6 Å². The summed E-state index contributed by atoms with van der Waals surface area (Å²) in [6.45, 7) is 3.85. The van der Waals surface area contributed by atoms with Crippen molar-refractivity contribution in [3.63, 3.8) is 0 Å². The second kappa shape index (κ2) is 7.79. The van der Waals surface area contributed by atoms with Crippen LogP contribution in [0.2, 0.25) is 0 Å². The molecule has 2 rings (SSSR count). The van der Waals surface area contributed by atoms with E-state index in [0.29, 0.717) is 5.75 Å². The smallest absolute Gasteiger partial charge is 0.229 e. The first-order valence-corrected chi connectivity index (χ1v) is 9.70. The normalized spacial score (nSPS) is 14.9. The maximum atomic E-state index is 12.7. The van der Waals surface area contributed by atoms with E-state index < -0.39 is 10.8 Å². The molecule has 1 amide bonds. The number of carbonyl (C=O) groups is 1. The third-order valence-corrected chi connectivity index (χ3v) is 5.38. The summed E-state index contributed by atoms with van der Waals surface area (Å²) in [7, 11) is 2.51. The van der Waals surface area contributed by atoms with Crippen molar-refractivity contribution in [3.05, 3.63) is 42.0 Å². The summed E-state index contributed by atoms with van der Waals surface area (Å²) in [5.41, 5.74) is 0.981. The number of likely N-dealkylation sites (N-methyl/N-ethyl adjacent to an activating group) is 1. The molecule has 0 radical (unpaired) electrons. The summed E-state index contributed by atoms with van der Waals surface area (Å²) in [5.74, 6) is 1.11. The van der Waals surface area contributed by atoms with Crippen LogP contribution in [0.4, 0.5) is 0 Å². The molecule has 24 heavy (non-hydrogen) atoms. The molecule has 0 aliphatic heterocycles. The van der Waals surface area contributed by atoms with E-state index in [1.807, 2.05) is 50.2 Å². The molecule has 0 aliphatic rings. The lowest BCUT2D eigenvalue weighted by atomic mass is 9.96. The van der Waals surface area contributed by atoms with Gasteiger partial charge in [0.15, 0.2) is 0 Å². The van der Waals surface area contributed by atoms with Crippen LogP contribution in [0.25, 0.3) is 10.8 Å². The minimum Gasteiger partial charge on any atom is -0.497 e. The first-order valence-electron chi connectivity index (χ1n) is 7.98. The van der Waals surface area contributed by atoms with Gasteiger partial charge >= 0.3 is 0 Å². The van der Waals surface area contributed by atoms with Crippen molar-refractivity contribution in [2.24, 2.45) is 0 Å². The second-order valence-electron chi connectivity index (χ2n) is 6.23. The molecule has 0 aliphatic carbocycles. The van der Waals surface area contributed by atoms with Crippen LogP contribution in [0.3, 0.4) is 0 Å². The van der Waals surface area contributed by atoms with Crippen molar-refractivity contribution in [2.45, 2.75) is 25.8 Å². The zero-order valence-corrected chi connectivity index (χ0v) is 15.7. The third-order valence-electron chi connectivity index (χ3n) is 4.43. The van der Waals surface area contributed by atoms with Crippen molar-refractivity contribution in [1.82, 2.24) is 4.90 Å². The minimum absolute atomic E-state index is 0.0424. The van der Waals surface area contributed by atoms with E-state index in [1.54, 1.807) is 25.3 Å². The fourth-order valence-electron chi connectivity index (χ4n) is 2.76. The van der Waals surface area contributed by atoms with Gasteiger partial charge in [0.1, 0.15) is 5.75 Å². The molecule has 0 bridgehead atoms. The summed E-state index contributed by atoms with van der Waals surface area (Å²) in [6.07, 6.45) is 1.66. The summed E-state index contributed by atoms with van der Waals surface area (Å²) in [4.78, 5) is 14.4. The number of rotatable bonds is 6. The summed E-state index contributed by atoms with van der Waals surface area (Å²) in [5, 5.41) is 2.17. The van der Waals surface area contributed by atoms with Crippen LogP contribution in [0, 0.1) is 0 Å².